The van der Waals surface area contributed by atoms with Crippen molar-refractivity contribution in [3.05, 3.63) is 48.0 Å². The van der Waals surface area contributed by atoms with Gasteiger partial charge in [-0.15, -0.1) is 0 Å². The van der Waals surface area contributed by atoms with Gasteiger partial charge in [-0.3, -0.25) is 4.79 Å². The zero-order chi connectivity index (χ0) is 14.5. The molecule has 2 aromatic rings. The van der Waals surface area contributed by atoms with E-state index in [0.717, 1.165) is 29.9 Å². The van der Waals surface area contributed by atoms with Crippen molar-refractivity contribution in [2.75, 3.05) is 5.32 Å². The van der Waals surface area contributed by atoms with Gasteiger partial charge in [0.1, 0.15) is 6.04 Å². The van der Waals surface area contributed by atoms with Gasteiger partial charge in [0.2, 0.25) is 5.91 Å². The van der Waals surface area contributed by atoms with Crippen LogP contribution in [-0.4, -0.2) is 15.5 Å². The third-order valence-corrected chi connectivity index (χ3v) is 3.23. The first-order valence-electron chi connectivity index (χ1n) is 6.75. The van der Waals surface area contributed by atoms with E-state index in [2.05, 4.69) is 17.2 Å². The fourth-order valence-corrected chi connectivity index (χ4v) is 2.18. The number of benzene rings is 1. The summed E-state index contributed by atoms with van der Waals surface area (Å²) in [6.07, 6.45) is 4.39. The molecule has 0 radical (unpaired) electrons. The number of para-hydroxylation sites is 1. The lowest BCUT2D eigenvalue weighted by Gasteiger charge is -2.19. The molecule has 0 saturated heterocycles. The van der Waals surface area contributed by atoms with Gasteiger partial charge in [0.05, 0.1) is 18.2 Å². The van der Waals surface area contributed by atoms with Crippen LogP contribution in [0.15, 0.2) is 36.8 Å². The van der Waals surface area contributed by atoms with Crippen molar-refractivity contribution < 1.29 is 4.79 Å². The SMILES string of the molecule is CCCn1cncc1C(Nc1ccccc1C)C(N)=O. The summed E-state index contributed by atoms with van der Waals surface area (Å²) in [6, 6.07) is 7.23. The molecule has 5 heteroatoms. The molecule has 0 aliphatic carbocycles. The minimum atomic E-state index is -0.579. The third-order valence-electron chi connectivity index (χ3n) is 3.23. The molecule has 0 aliphatic rings. The smallest absolute Gasteiger partial charge is 0.246 e. The Hall–Kier alpha value is -2.30. The lowest BCUT2D eigenvalue weighted by Crippen LogP contribution is -2.29. The highest BCUT2D eigenvalue weighted by atomic mass is 16.1. The number of primary amides is 1. The Morgan fingerprint density at radius 1 is 1.45 bits per heavy atom. The highest BCUT2D eigenvalue weighted by Gasteiger charge is 2.21. The number of anilines is 1. The minimum Gasteiger partial charge on any atom is -0.369 e. The number of aryl methyl sites for hydroxylation is 2. The normalized spacial score (nSPS) is 12.1. The molecule has 106 valence electrons. The summed E-state index contributed by atoms with van der Waals surface area (Å²) in [5.41, 5.74) is 8.32. The van der Waals surface area contributed by atoms with Gasteiger partial charge in [0.25, 0.3) is 0 Å². The number of nitrogens with two attached hydrogens (primary N) is 1. The zero-order valence-corrected chi connectivity index (χ0v) is 11.8. The fourth-order valence-electron chi connectivity index (χ4n) is 2.18. The van der Waals surface area contributed by atoms with Gasteiger partial charge in [-0.1, -0.05) is 25.1 Å². The van der Waals surface area contributed by atoms with Gasteiger partial charge in [-0.25, -0.2) is 4.98 Å². The van der Waals surface area contributed by atoms with E-state index in [-0.39, 0.29) is 0 Å². The Morgan fingerprint density at radius 2 is 2.20 bits per heavy atom. The molecule has 3 N–H and O–H groups in total. The van der Waals surface area contributed by atoms with Crippen LogP contribution in [0.1, 0.15) is 30.6 Å². The maximum atomic E-state index is 11.8. The van der Waals surface area contributed by atoms with Gasteiger partial charge >= 0.3 is 0 Å². The van der Waals surface area contributed by atoms with E-state index in [1.54, 1.807) is 12.5 Å². The van der Waals surface area contributed by atoms with Crippen LogP contribution in [0, 0.1) is 6.92 Å². The van der Waals surface area contributed by atoms with Crippen LogP contribution < -0.4 is 11.1 Å². The van der Waals surface area contributed by atoms with Crippen molar-refractivity contribution in [3.63, 3.8) is 0 Å². The van der Waals surface area contributed by atoms with Crippen molar-refractivity contribution in [3.8, 4) is 0 Å². The molecular formula is C15H20N4O. The molecule has 5 nitrogen and oxygen atoms in total. The molecule has 0 aliphatic heterocycles. The molecule has 0 spiro atoms. The van der Waals surface area contributed by atoms with Gasteiger partial charge in [0.15, 0.2) is 0 Å². The van der Waals surface area contributed by atoms with E-state index in [1.165, 1.54) is 0 Å². The van der Waals surface area contributed by atoms with Crippen LogP contribution in [0.2, 0.25) is 0 Å². The Balaban J connectivity index is 2.30. The van der Waals surface area contributed by atoms with Crippen LogP contribution in [0.25, 0.3) is 0 Å². The fraction of sp³-hybridized carbons (Fsp3) is 0.333. The molecule has 0 bridgehead atoms. The van der Waals surface area contributed by atoms with E-state index < -0.39 is 11.9 Å². The van der Waals surface area contributed by atoms with Crippen molar-refractivity contribution in [1.82, 2.24) is 9.55 Å². The lowest BCUT2D eigenvalue weighted by atomic mass is 10.1. The van der Waals surface area contributed by atoms with Gasteiger partial charge in [-0.05, 0) is 25.0 Å². The van der Waals surface area contributed by atoms with Crippen molar-refractivity contribution >= 4 is 11.6 Å². The summed E-state index contributed by atoms with van der Waals surface area (Å²) in [5, 5.41) is 3.21. The molecule has 1 atom stereocenters. The largest absolute Gasteiger partial charge is 0.369 e. The molecule has 2 rings (SSSR count). The highest BCUT2D eigenvalue weighted by molar-refractivity contribution is 5.84. The number of imidazole rings is 1. The number of amides is 1. The second-order valence-corrected chi connectivity index (χ2v) is 4.81. The predicted molar refractivity (Wildman–Crippen MR) is 79.3 cm³/mol. The van der Waals surface area contributed by atoms with Crippen molar-refractivity contribution in [2.45, 2.75) is 32.9 Å². The molecule has 1 aromatic heterocycles. The second kappa shape index (κ2) is 6.23. The maximum Gasteiger partial charge on any atom is 0.246 e. The van der Waals surface area contributed by atoms with E-state index >= 15 is 0 Å². The summed E-state index contributed by atoms with van der Waals surface area (Å²) >= 11 is 0. The molecule has 1 aromatic carbocycles. The standard InChI is InChI=1S/C15H20N4O/c1-3-8-19-10-17-9-13(19)14(15(16)20)18-12-7-5-4-6-11(12)2/h4-7,9-10,14,18H,3,8H2,1-2H3,(H2,16,20). The van der Waals surface area contributed by atoms with E-state index in [4.69, 9.17) is 5.73 Å². The summed E-state index contributed by atoms with van der Waals surface area (Å²) < 4.78 is 1.96. The summed E-state index contributed by atoms with van der Waals surface area (Å²) in [5.74, 6) is -0.411. The lowest BCUT2D eigenvalue weighted by molar-refractivity contribution is -0.119. The number of rotatable bonds is 6. The highest BCUT2D eigenvalue weighted by Crippen LogP contribution is 2.22. The second-order valence-electron chi connectivity index (χ2n) is 4.81. The number of carbonyl (C=O) groups is 1. The van der Waals surface area contributed by atoms with Gasteiger partial charge < -0.3 is 15.6 Å². The maximum absolute atomic E-state index is 11.8. The topological polar surface area (TPSA) is 72.9 Å². The third kappa shape index (κ3) is 2.99. The average Bonchev–Trinajstić information content (AvgIpc) is 2.86. The molecule has 0 saturated carbocycles. The quantitative estimate of drug-likeness (QED) is 0.847. The van der Waals surface area contributed by atoms with E-state index in [1.807, 2.05) is 35.8 Å². The van der Waals surface area contributed by atoms with Gasteiger partial charge in [-0.2, -0.15) is 0 Å². The molecule has 1 heterocycles. The Bertz CT molecular complexity index is 591. The molecule has 20 heavy (non-hydrogen) atoms. The molecule has 0 fully saturated rings. The van der Waals surface area contributed by atoms with Crippen molar-refractivity contribution in [1.29, 1.82) is 0 Å². The number of carbonyl (C=O) groups excluding carboxylic acids is 1. The zero-order valence-electron chi connectivity index (χ0n) is 11.8. The number of nitrogens with zero attached hydrogens (tertiary/aromatic N) is 2. The van der Waals surface area contributed by atoms with Crippen LogP contribution >= 0.6 is 0 Å². The van der Waals surface area contributed by atoms with Crippen LogP contribution in [0.4, 0.5) is 5.69 Å². The first-order chi connectivity index (χ1) is 9.63. The predicted octanol–water partition coefficient (Wildman–Crippen LogP) is 2.24. The number of hydrogen-bond donors (Lipinski definition) is 2. The first-order valence-corrected chi connectivity index (χ1v) is 6.75. The Kier molecular flexibility index (Phi) is 4.40. The number of nitrogens with one attached hydrogen (secondary N) is 1. The summed E-state index contributed by atoms with van der Waals surface area (Å²) in [7, 11) is 0. The molecule has 1 amide bonds. The molecular weight excluding hydrogens is 252 g/mol. The van der Waals surface area contributed by atoms with Gasteiger partial charge in [0, 0.05) is 12.2 Å². The summed E-state index contributed by atoms with van der Waals surface area (Å²) in [4.78, 5) is 15.9. The van der Waals surface area contributed by atoms with Crippen LogP contribution in [0.3, 0.4) is 0 Å². The number of hydrogen-bond acceptors (Lipinski definition) is 3. The number of aromatic nitrogens is 2. The summed E-state index contributed by atoms with van der Waals surface area (Å²) in [6.45, 7) is 4.89. The average molecular weight is 272 g/mol. The van der Waals surface area contributed by atoms with Crippen LogP contribution in [-0.2, 0) is 11.3 Å². The Morgan fingerprint density at radius 3 is 2.85 bits per heavy atom. The minimum absolute atomic E-state index is 0.411. The molecule has 1 unspecified atom stereocenters. The Labute approximate surface area is 118 Å². The van der Waals surface area contributed by atoms with E-state index in [0.29, 0.717) is 0 Å². The van der Waals surface area contributed by atoms with E-state index in [9.17, 15) is 4.79 Å². The monoisotopic (exact) mass is 272 g/mol. The van der Waals surface area contributed by atoms with Crippen LogP contribution in [0.5, 0.6) is 0 Å². The first kappa shape index (κ1) is 14.1. The van der Waals surface area contributed by atoms with Crippen molar-refractivity contribution in [2.24, 2.45) is 5.73 Å².